The van der Waals surface area contributed by atoms with Gasteiger partial charge in [0.05, 0.1) is 11.4 Å². The Bertz CT molecular complexity index is 712. The number of rotatable bonds is 3. The fraction of sp³-hybridized carbons (Fsp3) is 0.385. The van der Waals surface area contributed by atoms with Gasteiger partial charge in [-0.2, -0.15) is 5.10 Å². The Kier molecular flexibility index (Phi) is 3.79. The van der Waals surface area contributed by atoms with E-state index < -0.39 is 0 Å². The second-order valence-corrected chi connectivity index (χ2v) is 6.09. The lowest BCUT2D eigenvalue weighted by atomic mass is 10.2. The van der Waals surface area contributed by atoms with Gasteiger partial charge in [-0.3, -0.25) is 4.79 Å². The molecule has 1 aliphatic carbocycles. The van der Waals surface area contributed by atoms with Gasteiger partial charge in [-0.05, 0) is 47.9 Å². The van der Waals surface area contributed by atoms with Crippen molar-refractivity contribution in [2.75, 3.05) is 5.73 Å². The van der Waals surface area contributed by atoms with E-state index in [0.29, 0.717) is 5.82 Å². The van der Waals surface area contributed by atoms with Crippen molar-refractivity contribution < 1.29 is 4.79 Å². The van der Waals surface area contributed by atoms with Crippen molar-refractivity contribution >= 4 is 45.3 Å². The zero-order chi connectivity index (χ0) is 15.0. The van der Waals surface area contributed by atoms with Crippen LogP contribution in [0, 0.1) is 3.70 Å². The number of carbonyl (C=O) groups is 1. The number of nitrogens with one attached hydrogen (secondary N) is 1. The SMILES string of the molecule is C=CC(=O)NC1CC[C@H](n2nc(I)c3c(N)ncnc32)C1. The minimum absolute atomic E-state index is 0.132. The molecule has 8 heteroatoms. The predicted molar refractivity (Wildman–Crippen MR) is 87.5 cm³/mol. The van der Waals surface area contributed by atoms with Crippen LogP contribution in [0.15, 0.2) is 19.0 Å². The van der Waals surface area contributed by atoms with Gasteiger partial charge in [0.1, 0.15) is 15.8 Å². The maximum Gasteiger partial charge on any atom is 0.243 e. The zero-order valence-electron chi connectivity index (χ0n) is 11.3. The second-order valence-electron chi connectivity index (χ2n) is 5.07. The summed E-state index contributed by atoms with van der Waals surface area (Å²) in [5, 5.41) is 8.29. The molecule has 0 spiro atoms. The number of hydrogen-bond donors (Lipinski definition) is 2. The molecule has 1 amide bonds. The highest BCUT2D eigenvalue weighted by molar-refractivity contribution is 14.1. The number of nitrogens with zero attached hydrogens (tertiary/aromatic N) is 4. The van der Waals surface area contributed by atoms with Crippen molar-refractivity contribution in [3.05, 3.63) is 22.7 Å². The monoisotopic (exact) mass is 398 g/mol. The van der Waals surface area contributed by atoms with Crippen LogP contribution in [0.2, 0.25) is 0 Å². The summed E-state index contributed by atoms with van der Waals surface area (Å²) in [6.45, 7) is 3.47. The highest BCUT2D eigenvalue weighted by atomic mass is 127. The summed E-state index contributed by atoms with van der Waals surface area (Å²) >= 11 is 2.15. The van der Waals surface area contributed by atoms with Crippen LogP contribution in [0.4, 0.5) is 5.82 Å². The van der Waals surface area contributed by atoms with Gasteiger partial charge in [0, 0.05) is 6.04 Å². The van der Waals surface area contributed by atoms with Crippen molar-refractivity contribution in [2.24, 2.45) is 0 Å². The van der Waals surface area contributed by atoms with E-state index in [0.717, 1.165) is 34.0 Å². The van der Waals surface area contributed by atoms with Gasteiger partial charge in [-0.25, -0.2) is 14.6 Å². The molecule has 0 radical (unpaired) electrons. The lowest BCUT2D eigenvalue weighted by molar-refractivity contribution is -0.117. The molecule has 3 N–H and O–H groups in total. The molecule has 0 aromatic carbocycles. The average Bonchev–Trinajstić information content (AvgIpc) is 3.04. The summed E-state index contributed by atoms with van der Waals surface area (Å²) in [5.74, 6) is 0.317. The van der Waals surface area contributed by atoms with Gasteiger partial charge in [-0.1, -0.05) is 6.58 Å². The predicted octanol–water partition coefficient (Wildman–Crippen LogP) is 1.41. The van der Waals surface area contributed by atoms with Crippen LogP contribution >= 0.6 is 22.6 Å². The summed E-state index contributed by atoms with van der Waals surface area (Å²) in [6, 6.07) is 0.358. The Morgan fingerprint density at radius 3 is 3.10 bits per heavy atom. The first-order chi connectivity index (χ1) is 10.1. The van der Waals surface area contributed by atoms with Crippen LogP contribution in [-0.2, 0) is 4.79 Å². The van der Waals surface area contributed by atoms with Crippen molar-refractivity contribution in [2.45, 2.75) is 31.3 Å². The fourth-order valence-electron chi connectivity index (χ4n) is 2.78. The van der Waals surface area contributed by atoms with Crippen LogP contribution in [0.3, 0.4) is 0 Å². The van der Waals surface area contributed by atoms with Gasteiger partial charge in [-0.15, -0.1) is 0 Å². The van der Waals surface area contributed by atoms with Crippen LogP contribution in [-0.4, -0.2) is 31.7 Å². The molecular formula is C13H15IN6O. The molecule has 1 unspecified atom stereocenters. The minimum atomic E-state index is -0.132. The molecule has 2 aromatic rings. The smallest absolute Gasteiger partial charge is 0.243 e. The van der Waals surface area contributed by atoms with E-state index in [1.807, 2.05) is 4.68 Å². The molecule has 2 atom stereocenters. The highest BCUT2D eigenvalue weighted by Gasteiger charge is 2.29. The Morgan fingerprint density at radius 2 is 2.33 bits per heavy atom. The summed E-state index contributed by atoms with van der Waals surface area (Å²) < 4.78 is 2.72. The van der Waals surface area contributed by atoms with E-state index in [1.165, 1.54) is 12.4 Å². The summed E-state index contributed by atoms with van der Waals surface area (Å²) in [7, 11) is 0. The van der Waals surface area contributed by atoms with E-state index >= 15 is 0 Å². The van der Waals surface area contributed by atoms with E-state index in [9.17, 15) is 4.79 Å². The zero-order valence-corrected chi connectivity index (χ0v) is 13.4. The summed E-state index contributed by atoms with van der Waals surface area (Å²) in [4.78, 5) is 19.7. The average molecular weight is 398 g/mol. The summed E-state index contributed by atoms with van der Waals surface area (Å²) in [5.41, 5.74) is 6.66. The third-order valence-corrected chi connectivity index (χ3v) is 4.51. The van der Waals surface area contributed by atoms with E-state index in [-0.39, 0.29) is 18.0 Å². The highest BCUT2D eigenvalue weighted by Crippen LogP contribution is 2.33. The number of carbonyl (C=O) groups excluding carboxylic acids is 1. The van der Waals surface area contributed by atoms with Crippen molar-refractivity contribution in [1.29, 1.82) is 0 Å². The molecule has 1 saturated carbocycles. The molecular weight excluding hydrogens is 383 g/mol. The Hall–Kier alpha value is -1.71. The standard InChI is InChI=1S/C13H15IN6O/c1-2-9(21)18-7-3-4-8(5-7)20-13-10(11(14)19-20)12(15)16-6-17-13/h2,6-8H,1,3-5H2,(H,18,21)(H2,15,16,17)/t7?,8-/m0/s1. The van der Waals surface area contributed by atoms with Crippen LogP contribution in [0.25, 0.3) is 11.0 Å². The Labute approximate surface area is 135 Å². The lowest BCUT2D eigenvalue weighted by Crippen LogP contribution is -2.31. The number of nitrogen functional groups attached to an aromatic ring is 1. The van der Waals surface area contributed by atoms with Gasteiger partial charge >= 0.3 is 0 Å². The quantitative estimate of drug-likeness (QED) is 0.602. The topological polar surface area (TPSA) is 98.7 Å². The molecule has 2 heterocycles. The van der Waals surface area contributed by atoms with Crippen molar-refractivity contribution in [3.8, 4) is 0 Å². The molecule has 2 aromatic heterocycles. The number of hydrogen-bond acceptors (Lipinski definition) is 5. The third-order valence-electron chi connectivity index (χ3n) is 3.76. The largest absolute Gasteiger partial charge is 0.383 e. The molecule has 0 bridgehead atoms. The van der Waals surface area contributed by atoms with Crippen molar-refractivity contribution in [3.63, 3.8) is 0 Å². The molecule has 110 valence electrons. The van der Waals surface area contributed by atoms with E-state index in [2.05, 4.69) is 49.6 Å². The lowest BCUT2D eigenvalue weighted by Gasteiger charge is -2.13. The van der Waals surface area contributed by atoms with Gasteiger partial charge in [0.2, 0.25) is 5.91 Å². The molecule has 1 aliphatic rings. The first kappa shape index (κ1) is 14.2. The van der Waals surface area contributed by atoms with Gasteiger partial charge in [0.25, 0.3) is 0 Å². The maximum absolute atomic E-state index is 11.4. The number of aromatic nitrogens is 4. The number of amides is 1. The van der Waals surface area contributed by atoms with Crippen LogP contribution in [0.5, 0.6) is 0 Å². The molecule has 0 aliphatic heterocycles. The van der Waals surface area contributed by atoms with E-state index in [4.69, 9.17) is 5.73 Å². The Morgan fingerprint density at radius 1 is 1.52 bits per heavy atom. The molecule has 1 fully saturated rings. The molecule has 21 heavy (non-hydrogen) atoms. The minimum Gasteiger partial charge on any atom is -0.383 e. The van der Waals surface area contributed by atoms with Gasteiger partial charge < -0.3 is 11.1 Å². The molecule has 7 nitrogen and oxygen atoms in total. The number of nitrogens with two attached hydrogens (primary N) is 1. The third kappa shape index (κ3) is 2.59. The number of fused-ring (bicyclic) bond motifs is 1. The van der Waals surface area contributed by atoms with Crippen LogP contribution in [0.1, 0.15) is 25.3 Å². The van der Waals surface area contributed by atoms with Gasteiger partial charge in [0.15, 0.2) is 5.65 Å². The maximum atomic E-state index is 11.4. The fourth-order valence-corrected chi connectivity index (χ4v) is 3.53. The number of anilines is 1. The first-order valence-corrected chi connectivity index (χ1v) is 7.75. The summed E-state index contributed by atoms with van der Waals surface area (Å²) in [6.07, 6.45) is 5.45. The Balaban J connectivity index is 1.87. The normalized spacial score (nSPS) is 21.6. The first-order valence-electron chi connectivity index (χ1n) is 6.67. The molecule has 0 saturated heterocycles. The number of halogens is 1. The van der Waals surface area contributed by atoms with E-state index in [1.54, 1.807) is 0 Å². The van der Waals surface area contributed by atoms with Crippen molar-refractivity contribution in [1.82, 2.24) is 25.1 Å². The van der Waals surface area contributed by atoms with Crippen LogP contribution < -0.4 is 11.1 Å². The second kappa shape index (κ2) is 5.58. The molecule has 3 rings (SSSR count).